The lowest BCUT2D eigenvalue weighted by Gasteiger charge is -2.34. The van der Waals surface area contributed by atoms with Gasteiger partial charge in [0.2, 0.25) is 0 Å². The van der Waals surface area contributed by atoms with E-state index in [1.54, 1.807) is 0 Å². The normalized spacial score (nSPS) is 14.9. The van der Waals surface area contributed by atoms with Crippen molar-refractivity contribution in [2.45, 2.75) is 39.3 Å². The molecule has 0 amide bonds. The summed E-state index contributed by atoms with van der Waals surface area (Å²) in [6.07, 6.45) is 0.976. The second-order valence-corrected chi connectivity index (χ2v) is 4.73. The van der Waals surface area contributed by atoms with Crippen molar-refractivity contribution < 1.29 is 0 Å². The smallest absolute Gasteiger partial charge is 0.0498 e. The maximum atomic E-state index is 6.26. The third-order valence-corrected chi connectivity index (χ3v) is 3.55. The zero-order chi connectivity index (χ0) is 12.8. The molecule has 0 heterocycles. The third kappa shape index (κ3) is 3.70. The summed E-state index contributed by atoms with van der Waals surface area (Å²) >= 11 is 5.93. The zero-order valence-corrected chi connectivity index (χ0v) is 11.7. The van der Waals surface area contributed by atoms with Crippen LogP contribution in [-0.2, 0) is 0 Å². The minimum absolute atomic E-state index is 0.163. The molecule has 17 heavy (non-hydrogen) atoms. The van der Waals surface area contributed by atoms with Crippen LogP contribution in [0.25, 0.3) is 0 Å². The molecule has 0 fully saturated rings. The average molecular weight is 255 g/mol. The molecule has 1 rings (SSSR count). The number of halogens is 1. The van der Waals surface area contributed by atoms with Gasteiger partial charge in [0, 0.05) is 17.1 Å². The SMILES string of the molecule is CCC(N)C(c1ccc(Cl)cc1)N(CC)CC. The van der Waals surface area contributed by atoms with Crippen molar-refractivity contribution in [2.75, 3.05) is 13.1 Å². The summed E-state index contributed by atoms with van der Waals surface area (Å²) in [5, 5.41) is 0.775. The molecule has 0 aliphatic carbocycles. The number of nitrogens with zero attached hydrogens (tertiary/aromatic N) is 1. The highest BCUT2D eigenvalue weighted by Crippen LogP contribution is 2.25. The van der Waals surface area contributed by atoms with Crippen molar-refractivity contribution >= 4 is 11.6 Å². The van der Waals surface area contributed by atoms with Crippen molar-refractivity contribution in [2.24, 2.45) is 5.73 Å². The highest BCUT2D eigenvalue weighted by atomic mass is 35.5. The lowest BCUT2D eigenvalue weighted by atomic mass is 9.96. The summed E-state index contributed by atoms with van der Waals surface area (Å²) in [7, 11) is 0. The molecule has 0 aromatic heterocycles. The average Bonchev–Trinajstić information content (AvgIpc) is 2.36. The first kappa shape index (κ1) is 14.5. The third-order valence-electron chi connectivity index (χ3n) is 3.29. The molecule has 96 valence electrons. The van der Waals surface area contributed by atoms with Crippen LogP contribution in [-0.4, -0.2) is 24.0 Å². The molecule has 0 aliphatic rings. The number of likely N-dealkylation sites (N-methyl/N-ethyl adjacent to an activating group) is 1. The molecule has 2 N–H and O–H groups in total. The lowest BCUT2D eigenvalue weighted by Crippen LogP contribution is -2.40. The first-order valence-electron chi connectivity index (χ1n) is 6.39. The number of rotatable bonds is 6. The van der Waals surface area contributed by atoms with Crippen molar-refractivity contribution in [3.63, 3.8) is 0 Å². The molecule has 3 heteroatoms. The van der Waals surface area contributed by atoms with Crippen molar-refractivity contribution in [3.05, 3.63) is 34.9 Å². The summed E-state index contributed by atoms with van der Waals surface area (Å²) in [6.45, 7) is 8.51. The van der Waals surface area contributed by atoms with Crippen LogP contribution in [0.2, 0.25) is 5.02 Å². The minimum Gasteiger partial charge on any atom is -0.326 e. The molecular formula is C14H23ClN2. The predicted octanol–water partition coefficient (Wildman–Crippen LogP) is 3.46. The van der Waals surface area contributed by atoms with E-state index in [9.17, 15) is 0 Å². The van der Waals surface area contributed by atoms with Gasteiger partial charge in [-0.15, -0.1) is 0 Å². The lowest BCUT2D eigenvalue weighted by molar-refractivity contribution is 0.187. The Labute approximate surface area is 110 Å². The maximum Gasteiger partial charge on any atom is 0.0498 e. The van der Waals surface area contributed by atoms with Gasteiger partial charge in [-0.05, 0) is 37.2 Å². The Bertz CT molecular complexity index is 319. The number of hydrogen-bond donors (Lipinski definition) is 1. The quantitative estimate of drug-likeness (QED) is 0.843. The molecule has 2 atom stereocenters. The largest absolute Gasteiger partial charge is 0.326 e. The van der Waals surface area contributed by atoms with Crippen LogP contribution in [0, 0.1) is 0 Å². The monoisotopic (exact) mass is 254 g/mol. The summed E-state index contributed by atoms with van der Waals surface area (Å²) in [5.74, 6) is 0. The molecule has 1 aromatic carbocycles. The highest BCUT2D eigenvalue weighted by Gasteiger charge is 2.23. The molecule has 0 saturated carbocycles. The van der Waals surface area contributed by atoms with Crippen LogP contribution < -0.4 is 5.73 Å². The summed E-state index contributed by atoms with van der Waals surface area (Å²) in [4.78, 5) is 2.40. The molecule has 2 nitrogen and oxygen atoms in total. The molecule has 0 radical (unpaired) electrons. The minimum atomic E-state index is 0.163. The van der Waals surface area contributed by atoms with E-state index in [2.05, 4.69) is 37.8 Å². The van der Waals surface area contributed by atoms with Crippen LogP contribution in [0.1, 0.15) is 38.8 Å². The summed E-state index contributed by atoms with van der Waals surface area (Å²) in [5.41, 5.74) is 7.52. The number of nitrogens with two attached hydrogens (primary N) is 1. The van der Waals surface area contributed by atoms with Gasteiger partial charge in [-0.25, -0.2) is 0 Å². The van der Waals surface area contributed by atoms with Crippen molar-refractivity contribution in [1.29, 1.82) is 0 Å². The van der Waals surface area contributed by atoms with E-state index in [4.69, 9.17) is 17.3 Å². The van der Waals surface area contributed by atoms with Gasteiger partial charge in [-0.3, -0.25) is 4.90 Å². The molecular weight excluding hydrogens is 232 g/mol. The fourth-order valence-corrected chi connectivity index (χ4v) is 2.36. The molecule has 0 bridgehead atoms. The standard InChI is InChI=1S/C14H23ClN2/c1-4-13(16)14(17(5-2)6-3)11-7-9-12(15)10-8-11/h7-10,13-14H,4-6,16H2,1-3H3. The molecule has 0 saturated heterocycles. The van der Waals surface area contributed by atoms with E-state index < -0.39 is 0 Å². The zero-order valence-electron chi connectivity index (χ0n) is 11.0. The van der Waals surface area contributed by atoms with Gasteiger partial charge < -0.3 is 5.73 Å². The van der Waals surface area contributed by atoms with Crippen molar-refractivity contribution in [1.82, 2.24) is 4.90 Å². The van der Waals surface area contributed by atoms with Gasteiger partial charge in [0.1, 0.15) is 0 Å². The molecule has 0 spiro atoms. The summed E-state index contributed by atoms with van der Waals surface area (Å²) < 4.78 is 0. The molecule has 2 unspecified atom stereocenters. The number of benzene rings is 1. The summed E-state index contributed by atoms with van der Waals surface area (Å²) in [6, 6.07) is 8.50. The fourth-order valence-electron chi connectivity index (χ4n) is 2.23. The molecule has 0 aliphatic heterocycles. The van der Waals surface area contributed by atoms with Crippen LogP contribution >= 0.6 is 11.6 Å². The van der Waals surface area contributed by atoms with E-state index in [-0.39, 0.29) is 12.1 Å². The van der Waals surface area contributed by atoms with E-state index in [1.807, 2.05) is 12.1 Å². The van der Waals surface area contributed by atoms with E-state index in [0.29, 0.717) is 0 Å². The van der Waals surface area contributed by atoms with Crippen LogP contribution in [0.3, 0.4) is 0 Å². The Morgan fingerprint density at radius 3 is 2.06 bits per heavy atom. The van der Waals surface area contributed by atoms with Crippen molar-refractivity contribution in [3.8, 4) is 0 Å². The highest BCUT2D eigenvalue weighted by molar-refractivity contribution is 6.30. The second kappa shape index (κ2) is 7.00. The van der Waals surface area contributed by atoms with Crippen LogP contribution in [0.15, 0.2) is 24.3 Å². The maximum absolute atomic E-state index is 6.26. The first-order chi connectivity index (χ1) is 8.13. The predicted molar refractivity (Wildman–Crippen MR) is 75.4 cm³/mol. The second-order valence-electron chi connectivity index (χ2n) is 4.29. The Morgan fingerprint density at radius 2 is 1.65 bits per heavy atom. The fraction of sp³-hybridized carbons (Fsp3) is 0.571. The first-order valence-corrected chi connectivity index (χ1v) is 6.76. The van der Waals surface area contributed by atoms with Crippen LogP contribution in [0.4, 0.5) is 0 Å². The van der Waals surface area contributed by atoms with E-state index >= 15 is 0 Å². The Morgan fingerprint density at radius 1 is 1.12 bits per heavy atom. The van der Waals surface area contributed by atoms with E-state index in [0.717, 1.165) is 24.5 Å². The van der Waals surface area contributed by atoms with Gasteiger partial charge >= 0.3 is 0 Å². The van der Waals surface area contributed by atoms with Gasteiger partial charge in [0.05, 0.1) is 0 Å². The van der Waals surface area contributed by atoms with Gasteiger partial charge in [-0.2, -0.15) is 0 Å². The Balaban J connectivity index is 3.00. The van der Waals surface area contributed by atoms with Gasteiger partial charge in [0.25, 0.3) is 0 Å². The Kier molecular flexibility index (Phi) is 5.96. The van der Waals surface area contributed by atoms with Gasteiger partial charge in [-0.1, -0.05) is 44.5 Å². The Hall–Kier alpha value is -0.570. The van der Waals surface area contributed by atoms with Crippen LogP contribution in [0.5, 0.6) is 0 Å². The van der Waals surface area contributed by atoms with Gasteiger partial charge in [0.15, 0.2) is 0 Å². The van der Waals surface area contributed by atoms with E-state index in [1.165, 1.54) is 5.56 Å². The topological polar surface area (TPSA) is 29.3 Å². The number of hydrogen-bond acceptors (Lipinski definition) is 2. The molecule has 1 aromatic rings.